The predicted octanol–water partition coefficient (Wildman–Crippen LogP) is 4.89. The molecule has 2 atom stereocenters. The van der Waals surface area contributed by atoms with E-state index in [1.165, 1.54) is 7.11 Å². The van der Waals surface area contributed by atoms with Crippen LogP contribution in [0, 0.1) is 0 Å². The summed E-state index contributed by atoms with van der Waals surface area (Å²) in [6, 6.07) is 13.0. The van der Waals surface area contributed by atoms with Gasteiger partial charge in [0.15, 0.2) is 17.3 Å². The van der Waals surface area contributed by atoms with Gasteiger partial charge in [0.2, 0.25) is 0 Å². The van der Waals surface area contributed by atoms with Gasteiger partial charge in [-0.05, 0) is 54.7 Å². The third-order valence-corrected chi connectivity index (χ3v) is 6.53. The molecule has 1 N–H and O–H groups in total. The molecule has 4 rings (SSSR count). The number of carbonyl (C=O) groups is 2. The van der Waals surface area contributed by atoms with E-state index in [2.05, 4.69) is 5.32 Å². The topological polar surface area (TPSA) is 73.9 Å². The molecule has 0 fully saturated rings. The van der Waals surface area contributed by atoms with Crippen LogP contribution in [0.4, 0.5) is 0 Å². The van der Waals surface area contributed by atoms with E-state index < -0.39 is 11.9 Å². The van der Waals surface area contributed by atoms with Gasteiger partial charge < -0.3 is 19.5 Å². The van der Waals surface area contributed by atoms with Crippen LogP contribution >= 0.6 is 11.6 Å². The minimum atomic E-state index is -0.536. The quantitative estimate of drug-likeness (QED) is 0.631. The Morgan fingerprint density at radius 3 is 2.42 bits per heavy atom. The van der Waals surface area contributed by atoms with Crippen molar-refractivity contribution in [2.75, 3.05) is 21.3 Å². The Balaban J connectivity index is 1.78. The summed E-state index contributed by atoms with van der Waals surface area (Å²) in [5, 5.41) is 3.87. The van der Waals surface area contributed by atoms with Gasteiger partial charge in [-0.2, -0.15) is 0 Å². The lowest BCUT2D eigenvalue weighted by Gasteiger charge is -2.36. The minimum Gasteiger partial charge on any atom is -0.493 e. The van der Waals surface area contributed by atoms with Crippen LogP contribution < -0.4 is 14.8 Å². The first kappa shape index (κ1) is 22.9. The smallest absolute Gasteiger partial charge is 0.336 e. The van der Waals surface area contributed by atoms with Gasteiger partial charge in [0.25, 0.3) is 0 Å². The predicted molar refractivity (Wildman–Crippen MR) is 126 cm³/mol. The van der Waals surface area contributed by atoms with E-state index in [9.17, 15) is 9.59 Å². The molecular weight excluding hydrogens is 442 g/mol. The third-order valence-electron chi connectivity index (χ3n) is 6.29. The van der Waals surface area contributed by atoms with Gasteiger partial charge in [0.05, 0.1) is 26.9 Å². The zero-order chi connectivity index (χ0) is 23.7. The van der Waals surface area contributed by atoms with Crippen molar-refractivity contribution >= 4 is 23.4 Å². The summed E-state index contributed by atoms with van der Waals surface area (Å²) < 4.78 is 15.9. The molecule has 0 aromatic heterocycles. The Morgan fingerprint density at radius 2 is 1.76 bits per heavy atom. The summed E-state index contributed by atoms with van der Waals surface area (Å²) >= 11 is 6.26. The number of dihydropyridines is 1. The monoisotopic (exact) mass is 467 g/mol. The third kappa shape index (κ3) is 4.23. The Morgan fingerprint density at radius 1 is 1.00 bits per heavy atom. The number of carbonyl (C=O) groups excluding carboxylic acids is 2. The molecule has 0 radical (unpaired) electrons. The highest BCUT2D eigenvalue weighted by Gasteiger charge is 2.41. The number of methoxy groups -OCH3 is 3. The second-order valence-corrected chi connectivity index (χ2v) is 8.61. The number of benzene rings is 2. The molecule has 2 unspecified atom stereocenters. The van der Waals surface area contributed by atoms with Crippen molar-refractivity contribution in [3.63, 3.8) is 0 Å². The van der Waals surface area contributed by atoms with Crippen LogP contribution in [0.5, 0.6) is 11.5 Å². The van der Waals surface area contributed by atoms with Crippen LogP contribution in [-0.4, -0.2) is 33.1 Å². The van der Waals surface area contributed by atoms with Crippen molar-refractivity contribution in [1.29, 1.82) is 0 Å². The van der Waals surface area contributed by atoms with Crippen LogP contribution in [0.2, 0.25) is 5.02 Å². The molecule has 2 aromatic carbocycles. The molecule has 1 aliphatic heterocycles. The van der Waals surface area contributed by atoms with Gasteiger partial charge in [-0.15, -0.1) is 0 Å². The molecule has 33 heavy (non-hydrogen) atoms. The Kier molecular flexibility index (Phi) is 6.47. The zero-order valence-corrected chi connectivity index (χ0v) is 19.8. The molecule has 172 valence electrons. The molecule has 2 aliphatic rings. The lowest BCUT2D eigenvalue weighted by atomic mass is 9.71. The second-order valence-electron chi connectivity index (χ2n) is 8.18. The number of rotatable bonds is 5. The Labute approximate surface area is 198 Å². The molecule has 2 aromatic rings. The van der Waals surface area contributed by atoms with Crippen LogP contribution in [-0.2, 0) is 14.3 Å². The van der Waals surface area contributed by atoms with Gasteiger partial charge in [-0.25, -0.2) is 4.79 Å². The number of Topliss-reactive ketones (excluding diaryl/α,β-unsaturated/α-hetero) is 1. The normalized spacial score (nSPS) is 20.2. The minimum absolute atomic E-state index is 0.0117. The van der Waals surface area contributed by atoms with E-state index in [4.69, 9.17) is 25.8 Å². The summed E-state index contributed by atoms with van der Waals surface area (Å²) in [7, 11) is 4.53. The van der Waals surface area contributed by atoms with E-state index in [0.29, 0.717) is 46.2 Å². The number of hydrogen-bond acceptors (Lipinski definition) is 6. The highest BCUT2D eigenvalue weighted by atomic mass is 35.5. The number of allylic oxidation sites excluding steroid dienone is 3. The van der Waals surface area contributed by atoms with E-state index in [1.54, 1.807) is 26.4 Å². The standard InChI is InChI=1S/C26H26ClNO5/c1-14-23(26(30)33-4)24(16-6-5-7-18(27)10-16)25-19(28-14)11-17(12-20(25)29)15-8-9-21(31-2)22(13-15)32-3/h5-10,13,17,24,28H,11-12H2,1-4H3. The summed E-state index contributed by atoms with van der Waals surface area (Å²) in [4.78, 5) is 26.3. The van der Waals surface area contributed by atoms with Crippen molar-refractivity contribution in [2.45, 2.75) is 31.6 Å². The maximum Gasteiger partial charge on any atom is 0.336 e. The maximum absolute atomic E-state index is 13.6. The molecule has 6 nitrogen and oxygen atoms in total. The lowest BCUT2D eigenvalue weighted by Crippen LogP contribution is -2.36. The average Bonchev–Trinajstić information content (AvgIpc) is 2.82. The summed E-state index contributed by atoms with van der Waals surface area (Å²) in [6.07, 6.45) is 0.944. The first-order valence-corrected chi connectivity index (χ1v) is 11.1. The summed E-state index contributed by atoms with van der Waals surface area (Å²) in [6.45, 7) is 1.83. The fourth-order valence-corrected chi connectivity index (χ4v) is 4.98. The summed E-state index contributed by atoms with van der Waals surface area (Å²) in [5.74, 6) is 0.220. The van der Waals surface area contributed by atoms with Gasteiger partial charge in [-0.1, -0.05) is 29.8 Å². The highest BCUT2D eigenvalue weighted by molar-refractivity contribution is 6.30. The molecule has 0 amide bonds. The van der Waals surface area contributed by atoms with Crippen molar-refractivity contribution in [3.05, 3.63) is 81.2 Å². The number of ether oxygens (including phenoxy) is 3. The van der Waals surface area contributed by atoms with Crippen molar-refractivity contribution in [2.24, 2.45) is 0 Å². The van der Waals surface area contributed by atoms with Crippen molar-refractivity contribution < 1.29 is 23.8 Å². The molecule has 1 heterocycles. The van der Waals surface area contributed by atoms with Gasteiger partial charge in [0, 0.05) is 34.3 Å². The SMILES string of the molecule is COC(=O)C1=C(C)NC2=C(C(=O)CC(c3ccc(OC)c(OC)c3)C2)C1c1cccc(Cl)c1. The first-order valence-electron chi connectivity index (χ1n) is 10.7. The first-order chi connectivity index (χ1) is 15.9. The van der Waals surface area contributed by atoms with E-state index in [1.807, 2.05) is 37.3 Å². The molecule has 1 aliphatic carbocycles. The van der Waals surface area contributed by atoms with Gasteiger partial charge >= 0.3 is 5.97 Å². The van der Waals surface area contributed by atoms with E-state index >= 15 is 0 Å². The second kappa shape index (κ2) is 9.32. The van der Waals surface area contributed by atoms with Crippen molar-refractivity contribution in [3.8, 4) is 11.5 Å². The maximum atomic E-state index is 13.6. The van der Waals surface area contributed by atoms with E-state index in [-0.39, 0.29) is 11.7 Å². The molecule has 0 saturated heterocycles. The summed E-state index contributed by atoms with van der Waals surface area (Å²) in [5.41, 5.74) is 4.30. The Bertz CT molecular complexity index is 1180. The number of esters is 1. The number of halogens is 1. The lowest BCUT2D eigenvalue weighted by molar-refractivity contribution is -0.136. The van der Waals surface area contributed by atoms with Crippen molar-refractivity contribution in [1.82, 2.24) is 5.32 Å². The molecular formula is C26H26ClNO5. The van der Waals surface area contributed by atoms with Crippen LogP contribution in [0.1, 0.15) is 42.7 Å². The molecule has 7 heteroatoms. The number of ketones is 1. The number of hydrogen-bond donors (Lipinski definition) is 1. The fraction of sp³-hybridized carbons (Fsp3) is 0.308. The number of nitrogens with one attached hydrogen (secondary N) is 1. The average molecular weight is 468 g/mol. The molecule has 0 saturated carbocycles. The zero-order valence-electron chi connectivity index (χ0n) is 19.0. The van der Waals surface area contributed by atoms with Crippen LogP contribution in [0.15, 0.2) is 65.0 Å². The van der Waals surface area contributed by atoms with Crippen LogP contribution in [0.25, 0.3) is 0 Å². The fourth-order valence-electron chi connectivity index (χ4n) is 4.78. The molecule has 0 spiro atoms. The largest absolute Gasteiger partial charge is 0.493 e. The molecule has 0 bridgehead atoms. The van der Waals surface area contributed by atoms with Crippen LogP contribution in [0.3, 0.4) is 0 Å². The Hall–Kier alpha value is -3.25. The van der Waals surface area contributed by atoms with E-state index in [0.717, 1.165) is 16.8 Å². The highest BCUT2D eigenvalue weighted by Crippen LogP contribution is 2.46. The van der Waals surface area contributed by atoms with Gasteiger partial charge in [0.1, 0.15) is 0 Å². The van der Waals surface area contributed by atoms with Gasteiger partial charge in [-0.3, -0.25) is 4.79 Å².